The number of nitrogens with zero attached hydrogens (tertiary/aromatic N) is 7. The standard InChI is InChI=1S/C27H33N9O3S2/c1-34(2)24(38)20-12-16-7-8-19-18(13-21(40-19)25(39)35(3)4)27(23(16)41-20,26-30-32-33-31-26)9-10-29-15-22(37)36-11-5-6-17(36)14-28/h12-13,17,29H,5-11,15H2,1-4H3,(H,30,31,32,33). The second kappa shape index (κ2) is 11.7. The van der Waals surface area contributed by atoms with Crippen molar-refractivity contribution in [3.63, 3.8) is 0 Å². The van der Waals surface area contributed by atoms with Gasteiger partial charge in [-0.15, -0.1) is 32.9 Å². The lowest BCUT2D eigenvalue weighted by Crippen LogP contribution is -2.42. The molecule has 1 saturated heterocycles. The molecule has 3 aromatic heterocycles. The number of hydrogen-bond donors (Lipinski definition) is 2. The van der Waals surface area contributed by atoms with Gasteiger partial charge < -0.3 is 20.0 Å². The molecule has 2 aliphatic rings. The van der Waals surface area contributed by atoms with E-state index >= 15 is 0 Å². The van der Waals surface area contributed by atoms with E-state index in [9.17, 15) is 19.6 Å². The van der Waals surface area contributed by atoms with Gasteiger partial charge in [0.1, 0.15) is 6.04 Å². The minimum Gasteiger partial charge on any atom is -0.344 e. The molecule has 0 bridgehead atoms. The fourth-order valence-corrected chi connectivity index (χ4v) is 8.39. The molecule has 1 aliphatic heterocycles. The average Bonchev–Trinajstić information content (AvgIpc) is 3.77. The molecule has 1 aliphatic carbocycles. The highest BCUT2D eigenvalue weighted by molar-refractivity contribution is 7.15. The molecule has 0 aromatic carbocycles. The first-order chi connectivity index (χ1) is 19.7. The van der Waals surface area contributed by atoms with Crippen LogP contribution in [0.5, 0.6) is 0 Å². The number of rotatable bonds is 8. The smallest absolute Gasteiger partial charge is 0.263 e. The number of hydrogen-bond acceptors (Lipinski definition) is 10. The predicted octanol–water partition coefficient (Wildman–Crippen LogP) is 1.65. The average molecular weight is 596 g/mol. The van der Waals surface area contributed by atoms with Crippen LogP contribution in [0.1, 0.15) is 65.3 Å². The van der Waals surface area contributed by atoms with Crippen molar-refractivity contribution in [3.05, 3.63) is 48.6 Å². The number of carbonyl (C=O) groups excluding carboxylic acids is 3. The summed E-state index contributed by atoms with van der Waals surface area (Å²) in [5.41, 5.74) is 1.07. The van der Waals surface area contributed by atoms with Gasteiger partial charge in [0.15, 0.2) is 5.82 Å². The predicted molar refractivity (Wildman–Crippen MR) is 154 cm³/mol. The van der Waals surface area contributed by atoms with Crippen molar-refractivity contribution >= 4 is 40.4 Å². The number of likely N-dealkylation sites (tertiary alicyclic amines) is 1. The molecule has 12 nitrogen and oxygen atoms in total. The van der Waals surface area contributed by atoms with Crippen molar-refractivity contribution in [2.45, 2.75) is 43.6 Å². The number of H-pyrrole nitrogens is 1. The van der Waals surface area contributed by atoms with E-state index in [0.717, 1.165) is 27.3 Å². The maximum atomic E-state index is 13.0. The Labute approximate surface area is 246 Å². The Balaban J connectivity index is 1.55. The monoisotopic (exact) mass is 595 g/mol. The number of carbonyl (C=O) groups is 3. The lowest BCUT2D eigenvalue weighted by Gasteiger charge is -2.31. The van der Waals surface area contributed by atoms with Crippen molar-refractivity contribution in [1.29, 1.82) is 5.26 Å². The Morgan fingerprint density at radius 1 is 1.15 bits per heavy atom. The molecule has 216 valence electrons. The third-order valence-electron chi connectivity index (χ3n) is 7.72. The Morgan fingerprint density at radius 3 is 2.54 bits per heavy atom. The van der Waals surface area contributed by atoms with Crippen LogP contribution in [-0.2, 0) is 23.1 Å². The van der Waals surface area contributed by atoms with Crippen molar-refractivity contribution < 1.29 is 14.4 Å². The van der Waals surface area contributed by atoms with Crippen molar-refractivity contribution in [2.24, 2.45) is 0 Å². The van der Waals surface area contributed by atoms with Crippen molar-refractivity contribution in [1.82, 2.24) is 40.6 Å². The second-order valence-electron chi connectivity index (χ2n) is 10.8. The maximum absolute atomic E-state index is 13.0. The number of nitrogens with one attached hydrogen (secondary N) is 2. The molecular formula is C27H33N9O3S2. The molecule has 0 spiro atoms. The van der Waals surface area contributed by atoms with Gasteiger partial charge in [-0.3, -0.25) is 14.4 Å². The van der Waals surface area contributed by atoms with Gasteiger partial charge in [0.05, 0.1) is 27.8 Å². The quantitative estimate of drug-likeness (QED) is 0.373. The summed E-state index contributed by atoms with van der Waals surface area (Å²) in [6.07, 6.45) is 3.40. The summed E-state index contributed by atoms with van der Waals surface area (Å²) >= 11 is 2.90. The first-order valence-corrected chi connectivity index (χ1v) is 15.1. The number of fused-ring (bicyclic) bond motifs is 2. The van der Waals surface area contributed by atoms with E-state index in [1.54, 1.807) is 42.9 Å². The highest BCUT2D eigenvalue weighted by atomic mass is 32.1. The van der Waals surface area contributed by atoms with Gasteiger partial charge in [0.2, 0.25) is 5.91 Å². The first-order valence-electron chi connectivity index (χ1n) is 13.5. The molecule has 1 fully saturated rings. The zero-order valence-corrected chi connectivity index (χ0v) is 25.2. The summed E-state index contributed by atoms with van der Waals surface area (Å²) < 4.78 is 0. The van der Waals surface area contributed by atoms with Crippen molar-refractivity contribution in [2.75, 3.05) is 47.8 Å². The SMILES string of the molecule is CN(C)C(=O)c1cc2c(s1)CCc1cc(C(=O)N(C)C)sc1C2(CCNCC(=O)N1CCCC1C#N)c1nn[nH]n1. The maximum Gasteiger partial charge on any atom is 0.263 e. The summed E-state index contributed by atoms with van der Waals surface area (Å²) in [7, 11) is 6.92. The van der Waals surface area contributed by atoms with Crippen LogP contribution in [0.4, 0.5) is 0 Å². The molecule has 2 N–H and O–H groups in total. The minimum atomic E-state index is -0.899. The van der Waals surface area contributed by atoms with Crippen LogP contribution in [0.15, 0.2) is 12.1 Å². The topological polar surface area (TPSA) is 151 Å². The Bertz CT molecular complexity index is 1420. The summed E-state index contributed by atoms with van der Waals surface area (Å²) in [4.78, 5) is 47.0. The van der Waals surface area contributed by atoms with E-state index in [2.05, 4.69) is 32.0 Å². The van der Waals surface area contributed by atoms with Gasteiger partial charge in [-0.25, -0.2) is 0 Å². The van der Waals surface area contributed by atoms with Crippen LogP contribution in [-0.4, -0.2) is 107 Å². The number of aromatic amines is 1. The third-order valence-corrected chi connectivity index (χ3v) is 10.2. The van der Waals surface area contributed by atoms with Gasteiger partial charge in [0.25, 0.3) is 11.8 Å². The number of thiophene rings is 2. The number of amides is 3. The van der Waals surface area contributed by atoms with Gasteiger partial charge >= 0.3 is 0 Å². The second-order valence-corrected chi connectivity index (χ2v) is 12.9. The molecule has 14 heteroatoms. The number of aromatic nitrogens is 4. The number of aryl methyl sites for hydroxylation is 2. The fraction of sp³-hybridized carbons (Fsp3) is 0.519. The Morgan fingerprint density at radius 2 is 1.88 bits per heavy atom. The molecule has 2 atom stereocenters. The lowest BCUT2D eigenvalue weighted by molar-refractivity contribution is -0.130. The van der Waals surface area contributed by atoms with Crippen LogP contribution in [0.2, 0.25) is 0 Å². The normalized spacial score (nSPS) is 19.7. The lowest BCUT2D eigenvalue weighted by atomic mass is 9.75. The molecule has 5 rings (SSSR count). The van der Waals surface area contributed by atoms with Crippen LogP contribution in [0.3, 0.4) is 0 Å². The Hall–Kier alpha value is -3.67. The molecule has 41 heavy (non-hydrogen) atoms. The van der Waals surface area contributed by atoms with E-state index in [1.807, 2.05) is 12.1 Å². The third kappa shape index (κ3) is 5.25. The molecule has 0 saturated carbocycles. The van der Waals surface area contributed by atoms with E-state index in [0.29, 0.717) is 54.4 Å². The Kier molecular flexibility index (Phi) is 8.21. The molecule has 0 radical (unpaired) electrons. The fourth-order valence-electron chi connectivity index (χ4n) is 5.67. The van der Waals surface area contributed by atoms with Crippen LogP contribution in [0, 0.1) is 11.3 Å². The van der Waals surface area contributed by atoms with Crippen LogP contribution >= 0.6 is 22.7 Å². The van der Waals surface area contributed by atoms with Crippen LogP contribution < -0.4 is 5.32 Å². The van der Waals surface area contributed by atoms with E-state index in [4.69, 9.17) is 0 Å². The molecule has 3 amide bonds. The zero-order chi connectivity index (χ0) is 29.3. The summed E-state index contributed by atoms with van der Waals surface area (Å²) in [5.74, 6) is 0.183. The largest absolute Gasteiger partial charge is 0.344 e. The molecule has 3 aromatic rings. The van der Waals surface area contributed by atoms with Gasteiger partial charge in [-0.2, -0.15) is 10.5 Å². The number of nitriles is 1. The van der Waals surface area contributed by atoms with E-state index in [1.165, 1.54) is 22.7 Å². The van der Waals surface area contributed by atoms with E-state index in [-0.39, 0.29) is 30.3 Å². The van der Waals surface area contributed by atoms with Gasteiger partial charge in [-0.05, 0) is 61.9 Å². The van der Waals surface area contributed by atoms with Crippen molar-refractivity contribution in [3.8, 4) is 6.07 Å². The summed E-state index contributed by atoms with van der Waals surface area (Å²) in [6.45, 7) is 1.11. The molecule has 4 heterocycles. The zero-order valence-electron chi connectivity index (χ0n) is 23.6. The number of tetrazole rings is 1. The molecular weight excluding hydrogens is 562 g/mol. The first kappa shape index (κ1) is 28.8. The minimum absolute atomic E-state index is 0.0821. The van der Waals surface area contributed by atoms with Gasteiger partial charge in [0, 0.05) is 44.5 Å². The molecule has 2 unspecified atom stereocenters. The highest BCUT2D eigenvalue weighted by Gasteiger charge is 2.47. The summed E-state index contributed by atoms with van der Waals surface area (Å²) in [6, 6.07) is 5.75. The van der Waals surface area contributed by atoms with Gasteiger partial charge in [-0.1, -0.05) is 5.21 Å². The van der Waals surface area contributed by atoms with E-state index < -0.39 is 5.41 Å². The van der Waals surface area contributed by atoms with Crippen LogP contribution in [0.25, 0.3) is 0 Å². The summed E-state index contributed by atoms with van der Waals surface area (Å²) in [5, 5.41) is 28.1. The highest BCUT2D eigenvalue weighted by Crippen LogP contribution is 2.51.